The Morgan fingerprint density at radius 1 is 1.07 bits per heavy atom. The van der Waals surface area contributed by atoms with Crippen molar-refractivity contribution in [2.24, 2.45) is 0 Å². The van der Waals surface area contributed by atoms with E-state index in [0.29, 0.717) is 33.5 Å². The van der Waals surface area contributed by atoms with Crippen LogP contribution in [0.15, 0.2) is 64.2 Å². The van der Waals surface area contributed by atoms with Crippen LogP contribution in [0, 0.1) is 6.92 Å². The van der Waals surface area contributed by atoms with Crippen LogP contribution in [0.25, 0.3) is 22.0 Å². The molecular formula is C20H14F3N3O3. The van der Waals surface area contributed by atoms with Crippen molar-refractivity contribution in [3.8, 4) is 16.9 Å². The monoisotopic (exact) mass is 401 g/mol. The Labute approximate surface area is 162 Å². The van der Waals surface area contributed by atoms with Crippen molar-refractivity contribution in [3.63, 3.8) is 0 Å². The number of alkyl halides is 3. The zero-order chi connectivity index (χ0) is 20.6. The van der Waals surface area contributed by atoms with Gasteiger partial charge in [-0.1, -0.05) is 23.4 Å². The molecule has 0 saturated heterocycles. The third-order valence-corrected chi connectivity index (χ3v) is 4.25. The summed E-state index contributed by atoms with van der Waals surface area (Å²) in [5.41, 5.74) is 2.27. The van der Waals surface area contributed by atoms with Crippen LogP contribution >= 0.6 is 0 Å². The van der Waals surface area contributed by atoms with Crippen molar-refractivity contribution in [1.29, 1.82) is 0 Å². The minimum Gasteiger partial charge on any atom is -0.406 e. The molecule has 148 valence electrons. The Bertz CT molecular complexity index is 1230. The summed E-state index contributed by atoms with van der Waals surface area (Å²) in [6.07, 6.45) is -3.31. The molecule has 0 aliphatic carbocycles. The van der Waals surface area contributed by atoms with Crippen LogP contribution in [0.5, 0.6) is 5.75 Å². The van der Waals surface area contributed by atoms with Crippen LogP contribution in [0.3, 0.4) is 0 Å². The van der Waals surface area contributed by atoms with E-state index in [-0.39, 0.29) is 17.9 Å². The van der Waals surface area contributed by atoms with Gasteiger partial charge in [0.1, 0.15) is 5.75 Å². The van der Waals surface area contributed by atoms with E-state index in [1.807, 2.05) is 0 Å². The number of benzene rings is 2. The molecule has 4 aromatic rings. The molecule has 0 aliphatic rings. The fraction of sp³-hybridized carbons (Fsp3) is 0.150. The van der Waals surface area contributed by atoms with Gasteiger partial charge in [0.15, 0.2) is 5.76 Å². The average molecular weight is 401 g/mol. The Hall–Kier alpha value is -3.62. The van der Waals surface area contributed by atoms with Gasteiger partial charge in [-0.05, 0) is 42.3 Å². The Morgan fingerprint density at radius 2 is 1.79 bits per heavy atom. The lowest BCUT2D eigenvalue weighted by atomic mass is 10.0. The van der Waals surface area contributed by atoms with E-state index in [1.165, 1.54) is 35.2 Å². The fourth-order valence-electron chi connectivity index (χ4n) is 2.96. The number of aryl methyl sites for hydroxylation is 1. The highest BCUT2D eigenvalue weighted by atomic mass is 19.4. The first kappa shape index (κ1) is 18.7. The molecule has 0 radical (unpaired) electrons. The SMILES string of the molecule is Cc1cc(Cn2cnc3ccc(-c4ccc(OC(F)(F)F)cc4)cc3c2=O)on1. The number of hydrogen-bond donors (Lipinski definition) is 0. The maximum atomic E-state index is 12.8. The van der Waals surface area contributed by atoms with Crippen molar-refractivity contribution in [2.45, 2.75) is 19.8 Å². The molecule has 29 heavy (non-hydrogen) atoms. The Balaban J connectivity index is 1.67. The lowest BCUT2D eigenvalue weighted by Gasteiger charge is -2.10. The first-order valence-corrected chi connectivity index (χ1v) is 8.56. The third kappa shape index (κ3) is 4.13. The summed E-state index contributed by atoms with van der Waals surface area (Å²) >= 11 is 0. The topological polar surface area (TPSA) is 70.2 Å². The normalized spacial score (nSPS) is 11.7. The molecular weight excluding hydrogens is 387 g/mol. The van der Waals surface area contributed by atoms with E-state index < -0.39 is 6.36 Å². The Morgan fingerprint density at radius 3 is 2.45 bits per heavy atom. The maximum Gasteiger partial charge on any atom is 0.573 e. The summed E-state index contributed by atoms with van der Waals surface area (Å²) in [5, 5.41) is 4.18. The zero-order valence-corrected chi connectivity index (χ0v) is 15.1. The van der Waals surface area contributed by atoms with Gasteiger partial charge in [-0.15, -0.1) is 13.2 Å². The van der Waals surface area contributed by atoms with Crippen LogP contribution < -0.4 is 10.3 Å². The molecule has 0 amide bonds. The molecule has 0 aliphatic heterocycles. The number of fused-ring (bicyclic) bond motifs is 1. The van der Waals surface area contributed by atoms with Gasteiger partial charge in [0, 0.05) is 6.07 Å². The van der Waals surface area contributed by atoms with Gasteiger partial charge in [-0.25, -0.2) is 4.98 Å². The quantitative estimate of drug-likeness (QED) is 0.510. The highest BCUT2D eigenvalue weighted by Gasteiger charge is 2.30. The Kier molecular flexibility index (Phi) is 4.57. The first-order valence-electron chi connectivity index (χ1n) is 8.56. The molecule has 0 N–H and O–H groups in total. The molecule has 6 nitrogen and oxygen atoms in total. The summed E-state index contributed by atoms with van der Waals surface area (Å²) < 4.78 is 47.3. The minimum atomic E-state index is -4.75. The van der Waals surface area contributed by atoms with Crippen molar-refractivity contribution < 1.29 is 22.4 Å². The van der Waals surface area contributed by atoms with E-state index in [4.69, 9.17) is 4.52 Å². The van der Waals surface area contributed by atoms with E-state index in [0.717, 1.165) is 0 Å². The average Bonchev–Trinajstić information content (AvgIpc) is 3.08. The van der Waals surface area contributed by atoms with Crippen LogP contribution in [0.2, 0.25) is 0 Å². The second-order valence-corrected chi connectivity index (χ2v) is 6.42. The lowest BCUT2D eigenvalue weighted by Crippen LogP contribution is -2.21. The van der Waals surface area contributed by atoms with Crippen molar-refractivity contribution in [2.75, 3.05) is 0 Å². The number of nitrogens with zero attached hydrogens (tertiary/aromatic N) is 3. The standard InChI is InChI=1S/C20H14F3N3O3/c1-12-8-16(29-25-12)10-26-11-24-18-7-4-14(9-17(18)19(26)27)13-2-5-15(6-3-13)28-20(21,22)23/h2-9,11H,10H2,1H3. The van der Waals surface area contributed by atoms with Gasteiger partial charge in [0.2, 0.25) is 0 Å². The predicted molar refractivity (Wildman–Crippen MR) is 98.5 cm³/mol. The van der Waals surface area contributed by atoms with E-state index in [1.54, 1.807) is 31.2 Å². The van der Waals surface area contributed by atoms with Crippen LogP contribution in [0.4, 0.5) is 13.2 Å². The second kappa shape index (κ2) is 7.08. The third-order valence-electron chi connectivity index (χ3n) is 4.25. The number of aromatic nitrogens is 3. The highest BCUT2D eigenvalue weighted by molar-refractivity contribution is 5.83. The summed E-state index contributed by atoms with van der Waals surface area (Å²) in [4.78, 5) is 17.1. The van der Waals surface area contributed by atoms with Gasteiger partial charge in [0.05, 0.1) is 29.5 Å². The molecule has 2 heterocycles. The first-order chi connectivity index (χ1) is 13.8. The molecule has 4 rings (SSSR count). The molecule has 0 atom stereocenters. The minimum absolute atomic E-state index is 0.191. The number of hydrogen-bond acceptors (Lipinski definition) is 5. The molecule has 0 spiro atoms. The van der Waals surface area contributed by atoms with Crippen molar-refractivity contribution >= 4 is 10.9 Å². The zero-order valence-electron chi connectivity index (χ0n) is 15.1. The number of rotatable bonds is 4. The molecule has 0 saturated carbocycles. The molecule has 0 bridgehead atoms. The summed E-state index contributed by atoms with van der Waals surface area (Å²) in [7, 11) is 0. The van der Waals surface area contributed by atoms with Gasteiger partial charge < -0.3 is 9.26 Å². The van der Waals surface area contributed by atoms with Crippen LogP contribution in [-0.2, 0) is 6.54 Å². The summed E-state index contributed by atoms with van der Waals surface area (Å²) in [6.45, 7) is 1.97. The predicted octanol–water partition coefficient (Wildman–Crippen LogP) is 4.31. The second-order valence-electron chi connectivity index (χ2n) is 6.42. The number of halogens is 3. The van der Waals surface area contributed by atoms with E-state index in [9.17, 15) is 18.0 Å². The van der Waals surface area contributed by atoms with Crippen LogP contribution in [-0.4, -0.2) is 21.1 Å². The molecule has 9 heteroatoms. The lowest BCUT2D eigenvalue weighted by molar-refractivity contribution is -0.274. The van der Waals surface area contributed by atoms with Gasteiger partial charge in [-0.3, -0.25) is 9.36 Å². The highest BCUT2D eigenvalue weighted by Crippen LogP contribution is 2.27. The smallest absolute Gasteiger partial charge is 0.406 e. The van der Waals surface area contributed by atoms with E-state index in [2.05, 4.69) is 14.9 Å². The molecule has 2 aromatic heterocycles. The largest absolute Gasteiger partial charge is 0.573 e. The van der Waals surface area contributed by atoms with Gasteiger partial charge in [0.25, 0.3) is 5.56 Å². The van der Waals surface area contributed by atoms with Gasteiger partial charge >= 0.3 is 6.36 Å². The number of ether oxygens (including phenoxy) is 1. The van der Waals surface area contributed by atoms with Crippen molar-refractivity contribution in [3.05, 3.63) is 76.7 Å². The molecule has 0 unspecified atom stereocenters. The summed E-state index contributed by atoms with van der Waals surface area (Å²) in [5.74, 6) is 0.218. The van der Waals surface area contributed by atoms with Crippen molar-refractivity contribution in [1.82, 2.24) is 14.7 Å². The molecule has 2 aromatic carbocycles. The maximum absolute atomic E-state index is 12.8. The molecule has 0 fully saturated rings. The van der Waals surface area contributed by atoms with Gasteiger partial charge in [-0.2, -0.15) is 0 Å². The summed E-state index contributed by atoms with van der Waals surface area (Å²) in [6, 6.07) is 12.3. The van der Waals surface area contributed by atoms with E-state index >= 15 is 0 Å². The van der Waals surface area contributed by atoms with Crippen LogP contribution in [0.1, 0.15) is 11.5 Å². The fourth-order valence-corrected chi connectivity index (χ4v) is 2.96.